The molecule has 1 atom stereocenters. The van der Waals surface area contributed by atoms with Crippen molar-refractivity contribution >= 4 is 22.3 Å². The lowest BCUT2D eigenvalue weighted by Crippen LogP contribution is -2.07. The Morgan fingerprint density at radius 2 is 2.50 bits per heavy atom. The zero-order valence-electron chi connectivity index (χ0n) is 7.74. The Morgan fingerprint density at radius 3 is 3.21 bits per heavy atom. The highest BCUT2D eigenvalue weighted by Gasteiger charge is 2.11. The van der Waals surface area contributed by atoms with Crippen molar-refractivity contribution in [2.75, 3.05) is 6.61 Å². The SMILES string of the molecule is Brc1cccc(CCC2CO[C]=N2)c1. The fourth-order valence-electron chi connectivity index (χ4n) is 1.46. The van der Waals surface area contributed by atoms with Gasteiger partial charge in [0.05, 0.1) is 6.04 Å². The van der Waals surface area contributed by atoms with E-state index in [2.05, 4.69) is 45.5 Å². The van der Waals surface area contributed by atoms with Gasteiger partial charge in [-0.15, -0.1) is 0 Å². The third kappa shape index (κ3) is 2.58. The number of aryl methyl sites for hydroxylation is 1. The first-order valence-electron chi connectivity index (χ1n) is 4.66. The van der Waals surface area contributed by atoms with Gasteiger partial charge in [0.1, 0.15) is 6.61 Å². The Labute approximate surface area is 92.1 Å². The normalized spacial score (nSPS) is 19.6. The van der Waals surface area contributed by atoms with Gasteiger partial charge in [0.15, 0.2) is 0 Å². The Balaban J connectivity index is 1.88. The van der Waals surface area contributed by atoms with Crippen molar-refractivity contribution in [1.82, 2.24) is 0 Å². The summed E-state index contributed by atoms with van der Waals surface area (Å²) >= 11 is 3.46. The van der Waals surface area contributed by atoms with Crippen LogP contribution in [0, 0.1) is 0 Å². The molecular weight excluding hydrogens is 242 g/mol. The maximum Gasteiger partial charge on any atom is 0.273 e. The van der Waals surface area contributed by atoms with Gasteiger partial charge in [0, 0.05) is 4.47 Å². The van der Waals surface area contributed by atoms with E-state index in [0.717, 1.165) is 17.3 Å². The van der Waals surface area contributed by atoms with E-state index < -0.39 is 0 Å². The van der Waals surface area contributed by atoms with Crippen LogP contribution < -0.4 is 0 Å². The Morgan fingerprint density at radius 1 is 1.57 bits per heavy atom. The van der Waals surface area contributed by atoms with Gasteiger partial charge in [-0.3, -0.25) is 0 Å². The second-order valence-electron chi connectivity index (χ2n) is 3.35. The quantitative estimate of drug-likeness (QED) is 0.811. The van der Waals surface area contributed by atoms with E-state index in [1.165, 1.54) is 5.56 Å². The lowest BCUT2D eigenvalue weighted by atomic mass is 10.1. The van der Waals surface area contributed by atoms with E-state index in [1.807, 2.05) is 6.07 Å². The number of hydrogen-bond donors (Lipinski definition) is 0. The Kier molecular flexibility index (Phi) is 3.19. The van der Waals surface area contributed by atoms with Gasteiger partial charge in [-0.2, -0.15) is 0 Å². The molecule has 1 aliphatic heterocycles. The standard InChI is InChI=1S/C11H11BrNO/c12-10-3-1-2-9(6-10)4-5-11-7-14-8-13-11/h1-3,6,11H,4-5,7H2. The molecule has 2 nitrogen and oxygen atoms in total. The molecule has 1 unspecified atom stereocenters. The molecule has 0 saturated carbocycles. The average molecular weight is 253 g/mol. The van der Waals surface area contributed by atoms with Crippen molar-refractivity contribution in [3.05, 3.63) is 34.3 Å². The summed E-state index contributed by atoms with van der Waals surface area (Å²) in [5.41, 5.74) is 1.33. The molecule has 1 radical (unpaired) electrons. The molecule has 1 aromatic carbocycles. The van der Waals surface area contributed by atoms with Crippen LogP contribution in [-0.4, -0.2) is 19.0 Å². The smallest absolute Gasteiger partial charge is 0.273 e. The number of hydrogen-bond acceptors (Lipinski definition) is 2. The highest BCUT2D eigenvalue weighted by Crippen LogP contribution is 2.15. The summed E-state index contributed by atoms with van der Waals surface area (Å²) in [5, 5.41) is 0. The maximum absolute atomic E-state index is 4.94. The minimum atomic E-state index is 0.300. The summed E-state index contributed by atoms with van der Waals surface area (Å²) in [5.74, 6) is 0. The van der Waals surface area contributed by atoms with Gasteiger partial charge in [0.25, 0.3) is 6.40 Å². The van der Waals surface area contributed by atoms with E-state index >= 15 is 0 Å². The molecule has 14 heavy (non-hydrogen) atoms. The van der Waals surface area contributed by atoms with Crippen LogP contribution in [0.1, 0.15) is 12.0 Å². The van der Waals surface area contributed by atoms with E-state index in [4.69, 9.17) is 4.74 Å². The first-order valence-corrected chi connectivity index (χ1v) is 5.45. The van der Waals surface area contributed by atoms with Crippen LogP contribution >= 0.6 is 15.9 Å². The van der Waals surface area contributed by atoms with Crippen molar-refractivity contribution in [2.24, 2.45) is 4.99 Å². The third-order valence-electron chi connectivity index (χ3n) is 2.23. The van der Waals surface area contributed by atoms with Crippen LogP contribution in [0.2, 0.25) is 0 Å². The predicted molar refractivity (Wildman–Crippen MR) is 59.6 cm³/mol. The van der Waals surface area contributed by atoms with Crippen LogP contribution in [0.15, 0.2) is 33.7 Å². The van der Waals surface area contributed by atoms with Crippen LogP contribution in [0.25, 0.3) is 0 Å². The van der Waals surface area contributed by atoms with Gasteiger partial charge in [0.2, 0.25) is 0 Å². The minimum Gasteiger partial charge on any atom is -0.472 e. The van der Waals surface area contributed by atoms with Gasteiger partial charge in [-0.1, -0.05) is 28.1 Å². The lowest BCUT2D eigenvalue weighted by Gasteiger charge is -2.05. The van der Waals surface area contributed by atoms with Crippen LogP contribution in [0.3, 0.4) is 0 Å². The highest BCUT2D eigenvalue weighted by molar-refractivity contribution is 9.10. The first-order chi connectivity index (χ1) is 6.84. The van der Waals surface area contributed by atoms with Gasteiger partial charge in [-0.05, 0) is 30.5 Å². The van der Waals surface area contributed by atoms with Crippen molar-refractivity contribution in [3.63, 3.8) is 0 Å². The Bertz CT molecular complexity index is 338. The van der Waals surface area contributed by atoms with Crippen molar-refractivity contribution < 1.29 is 4.74 Å². The molecule has 2 rings (SSSR count). The summed E-state index contributed by atoms with van der Waals surface area (Å²) in [6.07, 6.45) is 4.61. The van der Waals surface area contributed by atoms with E-state index in [9.17, 15) is 0 Å². The molecule has 0 bridgehead atoms. The van der Waals surface area contributed by atoms with Crippen molar-refractivity contribution in [3.8, 4) is 0 Å². The summed E-state index contributed by atoms with van der Waals surface area (Å²) in [7, 11) is 0. The molecule has 0 fully saturated rings. The molecule has 1 aromatic rings. The van der Waals surface area contributed by atoms with Crippen molar-refractivity contribution in [2.45, 2.75) is 18.9 Å². The zero-order valence-corrected chi connectivity index (χ0v) is 9.33. The van der Waals surface area contributed by atoms with Crippen LogP contribution in [0.4, 0.5) is 0 Å². The van der Waals surface area contributed by atoms with Gasteiger partial charge in [-0.25, -0.2) is 4.99 Å². The van der Waals surface area contributed by atoms with Gasteiger partial charge >= 0.3 is 0 Å². The van der Waals surface area contributed by atoms with Crippen LogP contribution in [-0.2, 0) is 11.2 Å². The number of halogens is 1. The van der Waals surface area contributed by atoms with E-state index in [1.54, 1.807) is 0 Å². The number of nitrogens with zero attached hydrogens (tertiary/aromatic N) is 1. The van der Waals surface area contributed by atoms with E-state index in [0.29, 0.717) is 12.6 Å². The summed E-state index contributed by atoms with van der Waals surface area (Å²) in [6, 6.07) is 8.67. The third-order valence-corrected chi connectivity index (χ3v) is 2.72. The molecule has 0 N–H and O–H groups in total. The molecule has 0 aliphatic carbocycles. The molecule has 0 saturated heterocycles. The maximum atomic E-state index is 4.94. The molecule has 1 heterocycles. The predicted octanol–water partition coefficient (Wildman–Crippen LogP) is 2.69. The summed E-state index contributed by atoms with van der Waals surface area (Å²) in [6.45, 7) is 0.688. The second-order valence-corrected chi connectivity index (χ2v) is 4.27. The highest BCUT2D eigenvalue weighted by atomic mass is 79.9. The minimum absolute atomic E-state index is 0.300. The summed E-state index contributed by atoms with van der Waals surface area (Å²) < 4.78 is 6.08. The van der Waals surface area contributed by atoms with Crippen LogP contribution in [0.5, 0.6) is 0 Å². The van der Waals surface area contributed by atoms with E-state index in [-0.39, 0.29) is 0 Å². The monoisotopic (exact) mass is 252 g/mol. The zero-order chi connectivity index (χ0) is 9.80. The molecule has 3 heteroatoms. The Hall–Kier alpha value is -0.830. The second kappa shape index (κ2) is 4.60. The fraction of sp³-hybridized carbons (Fsp3) is 0.364. The molecule has 0 aromatic heterocycles. The average Bonchev–Trinajstić information content (AvgIpc) is 2.67. The molecule has 0 spiro atoms. The largest absolute Gasteiger partial charge is 0.472 e. The number of ether oxygens (including phenoxy) is 1. The molecule has 1 aliphatic rings. The van der Waals surface area contributed by atoms with Crippen molar-refractivity contribution in [1.29, 1.82) is 0 Å². The molecular formula is C11H11BrNO. The first kappa shape index (κ1) is 9.71. The fourth-order valence-corrected chi connectivity index (χ4v) is 1.90. The summed E-state index contributed by atoms with van der Waals surface area (Å²) in [4.78, 5) is 4.09. The molecule has 73 valence electrons. The number of rotatable bonds is 3. The number of benzene rings is 1. The topological polar surface area (TPSA) is 21.6 Å². The lowest BCUT2D eigenvalue weighted by molar-refractivity contribution is 0.322. The van der Waals surface area contributed by atoms with Gasteiger partial charge < -0.3 is 4.74 Å². The molecule has 0 amide bonds. The number of aliphatic imine (C=N–C) groups is 1.